The predicted molar refractivity (Wildman–Crippen MR) is 63.9 cm³/mol. The Hall–Kier alpha value is -0.170. The minimum absolute atomic E-state index is 0.182. The third kappa shape index (κ3) is 4.37. The molecule has 96 valence electrons. The van der Waals surface area contributed by atoms with Gasteiger partial charge in [-0.15, -0.1) is 0 Å². The maximum atomic E-state index is 12.0. The summed E-state index contributed by atoms with van der Waals surface area (Å²) in [4.78, 5) is 0. The van der Waals surface area contributed by atoms with E-state index in [1.54, 1.807) is 11.4 Å². The van der Waals surface area contributed by atoms with Crippen molar-refractivity contribution >= 4 is 10.0 Å². The first kappa shape index (κ1) is 13.9. The lowest BCUT2D eigenvalue weighted by Gasteiger charge is -2.21. The molecule has 1 saturated carbocycles. The highest BCUT2D eigenvalue weighted by atomic mass is 32.2. The molecule has 0 spiro atoms. The van der Waals surface area contributed by atoms with Crippen LogP contribution in [0.1, 0.15) is 19.8 Å². The lowest BCUT2D eigenvalue weighted by atomic mass is 10.6. The minimum Gasteiger partial charge on any atom is -0.383 e. The number of methoxy groups -OCH3 is 1. The predicted octanol–water partition coefficient (Wildman–Crippen LogP) is 0.0365. The monoisotopic (exact) mass is 250 g/mol. The van der Waals surface area contributed by atoms with Crippen LogP contribution in [-0.4, -0.2) is 57.9 Å². The maximum absolute atomic E-state index is 12.0. The average molecular weight is 250 g/mol. The molecular formula is C10H22N2O3S. The van der Waals surface area contributed by atoms with Crippen LogP contribution < -0.4 is 5.32 Å². The van der Waals surface area contributed by atoms with Gasteiger partial charge in [0, 0.05) is 26.2 Å². The third-order valence-corrected chi connectivity index (χ3v) is 4.53. The topological polar surface area (TPSA) is 58.6 Å². The Morgan fingerprint density at radius 2 is 2.12 bits per heavy atom. The van der Waals surface area contributed by atoms with E-state index >= 15 is 0 Å². The summed E-state index contributed by atoms with van der Waals surface area (Å²) in [5.74, 6) is 0.182. The second kappa shape index (κ2) is 6.54. The Balaban J connectivity index is 2.47. The highest BCUT2D eigenvalue weighted by Crippen LogP contribution is 2.29. The molecule has 0 aromatic heterocycles. The molecule has 0 bridgehead atoms. The van der Waals surface area contributed by atoms with Gasteiger partial charge in [-0.25, -0.2) is 8.42 Å². The van der Waals surface area contributed by atoms with Gasteiger partial charge in [-0.1, -0.05) is 6.92 Å². The van der Waals surface area contributed by atoms with Crippen molar-refractivity contribution in [3.63, 3.8) is 0 Å². The summed E-state index contributed by atoms with van der Waals surface area (Å²) >= 11 is 0. The molecule has 0 radical (unpaired) electrons. The molecule has 1 aliphatic rings. The van der Waals surface area contributed by atoms with E-state index in [0.29, 0.717) is 19.7 Å². The second-order valence-electron chi connectivity index (χ2n) is 4.00. The molecule has 1 fully saturated rings. The summed E-state index contributed by atoms with van der Waals surface area (Å²) in [6, 6.07) is 0.224. The van der Waals surface area contributed by atoms with Gasteiger partial charge in [0.05, 0.1) is 12.4 Å². The van der Waals surface area contributed by atoms with Crippen LogP contribution in [0.3, 0.4) is 0 Å². The molecule has 0 aromatic carbocycles. The summed E-state index contributed by atoms with van der Waals surface area (Å²) in [5.41, 5.74) is 0. The molecular weight excluding hydrogens is 228 g/mol. The Labute approximate surface area is 98.2 Å². The van der Waals surface area contributed by atoms with Crippen LogP contribution in [-0.2, 0) is 14.8 Å². The van der Waals surface area contributed by atoms with Crippen LogP contribution in [0.25, 0.3) is 0 Å². The highest BCUT2D eigenvalue weighted by Gasteiger charge is 2.36. The van der Waals surface area contributed by atoms with Gasteiger partial charge in [0.1, 0.15) is 0 Å². The Kier molecular flexibility index (Phi) is 5.68. The fourth-order valence-electron chi connectivity index (χ4n) is 1.59. The van der Waals surface area contributed by atoms with E-state index in [4.69, 9.17) is 4.74 Å². The van der Waals surface area contributed by atoms with Crippen molar-refractivity contribution in [1.82, 2.24) is 9.62 Å². The third-order valence-electron chi connectivity index (χ3n) is 2.61. The van der Waals surface area contributed by atoms with Gasteiger partial charge in [0.2, 0.25) is 10.0 Å². The normalized spacial score (nSPS) is 16.9. The smallest absolute Gasteiger partial charge is 0.215 e. The minimum atomic E-state index is -3.11. The van der Waals surface area contributed by atoms with E-state index in [0.717, 1.165) is 19.4 Å². The van der Waals surface area contributed by atoms with E-state index in [9.17, 15) is 8.42 Å². The molecule has 0 aromatic rings. The molecule has 1 aliphatic carbocycles. The van der Waals surface area contributed by atoms with Crippen LogP contribution in [0.4, 0.5) is 0 Å². The van der Waals surface area contributed by atoms with Gasteiger partial charge >= 0.3 is 0 Å². The Morgan fingerprint density at radius 1 is 1.44 bits per heavy atom. The molecule has 1 rings (SSSR count). The maximum Gasteiger partial charge on any atom is 0.215 e. The number of rotatable bonds is 9. The molecule has 1 N–H and O–H groups in total. The van der Waals surface area contributed by atoms with Crippen molar-refractivity contribution < 1.29 is 13.2 Å². The van der Waals surface area contributed by atoms with Gasteiger partial charge in [0.15, 0.2) is 0 Å². The highest BCUT2D eigenvalue weighted by molar-refractivity contribution is 7.89. The summed E-state index contributed by atoms with van der Waals surface area (Å²) in [6.45, 7) is 4.24. The SMILES string of the molecule is CCNCCS(=O)(=O)N(CCOC)C1CC1. The number of hydrogen-bond acceptors (Lipinski definition) is 4. The molecule has 0 aliphatic heterocycles. The molecule has 0 heterocycles. The van der Waals surface area contributed by atoms with Crippen molar-refractivity contribution in [2.75, 3.05) is 39.1 Å². The number of nitrogens with one attached hydrogen (secondary N) is 1. The molecule has 16 heavy (non-hydrogen) atoms. The lowest BCUT2D eigenvalue weighted by Crippen LogP contribution is -2.39. The van der Waals surface area contributed by atoms with Crippen LogP contribution in [0.2, 0.25) is 0 Å². The van der Waals surface area contributed by atoms with Gasteiger partial charge in [-0.2, -0.15) is 4.31 Å². The van der Waals surface area contributed by atoms with Gasteiger partial charge in [-0.05, 0) is 19.4 Å². The second-order valence-corrected chi connectivity index (χ2v) is 6.05. The fourth-order valence-corrected chi connectivity index (χ4v) is 3.24. The van der Waals surface area contributed by atoms with E-state index in [1.165, 1.54) is 0 Å². The fraction of sp³-hybridized carbons (Fsp3) is 1.00. The molecule has 0 saturated heterocycles. The lowest BCUT2D eigenvalue weighted by molar-refractivity contribution is 0.177. The molecule has 0 unspecified atom stereocenters. The largest absolute Gasteiger partial charge is 0.383 e. The zero-order valence-electron chi connectivity index (χ0n) is 10.1. The van der Waals surface area contributed by atoms with E-state index < -0.39 is 10.0 Å². The van der Waals surface area contributed by atoms with Crippen molar-refractivity contribution in [3.05, 3.63) is 0 Å². The van der Waals surface area contributed by atoms with E-state index in [-0.39, 0.29) is 11.8 Å². The van der Waals surface area contributed by atoms with Crippen molar-refractivity contribution in [2.45, 2.75) is 25.8 Å². The first-order valence-electron chi connectivity index (χ1n) is 5.81. The molecule has 0 atom stereocenters. The first-order chi connectivity index (χ1) is 7.61. The summed E-state index contributed by atoms with van der Waals surface area (Å²) in [7, 11) is -1.52. The van der Waals surface area contributed by atoms with Gasteiger partial charge < -0.3 is 10.1 Å². The Bertz CT molecular complexity index is 288. The summed E-state index contributed by atoms with van der Waals surface area (Å²) in [6.07, 6.45) is 1.98. The zero-order valence-corrected chi connectivity index (χ0v) is 10.9. The standard InChI is InChI=1S/C10H22N2O3S/c1-3-11-6-9-16(13,14)12(7-8-15-2)10-4-5-10/h10-11H,3-9H2,1-2H3. The van der Waals surface area contributed by atoms with Crippen LogP contribution >= 0.6 is 0 Å². The van der Waals surface area contributed by atoms with Crippen LogP contribution in [0, 0.1) is 0 Å². The Morgan fingerprint density at radius 3 is 2.62 bits per heavy atom. The summed E-state index contributed by atoms with van der Waals surface area (Å²) < 4.78 is 30.6. The van der Waals surface area contributed by atoms with Crippen LogP contribution in [0.5, 0.6) is 0 Å². The van der Waals surface area contributed by atoms with E-state index in [1.807, 2.05) is 6.92 Å². The molecule has 5 nitrogen and oxygen atoms in total. The number of ether oxygens (including phenoxy) is 1. The average Bonchev–Trinajstić information content (AvgIpc) is 3.02. The van der Waals surface area contributed by atoms with Crippen molar-refractivity contribution in [1.29, 1.82) is 0 Å². The number of nitrogens with zero attached hydrogens (tertiary/aromatic N) is 1. The van der Waals surface area contributed by atoms with Gasteiger partial charge in [0.25, 0.3) is 0 Å². The first-order valence-corrected chi connectivity index (χ1v) is 7.42. The number of sulfonamides is 1. The van der Waals surface area contributed by atoms with E-state index in [2.05, 4.69) is 5.32 Å². The number of hydrogen-bond donors (Lipinski definition) is 1. The molecule has 0 amide bonds. The zero-order chi connectivity index (χ0) is 12.0. The van der Waals surface area contributed by atoms with Crippen molar-refractivity contribution in [3.8, 4) is 0 Å². The van der Waals surface area contributed by atoms with Gasteiger partial charge in [-0.3, -0.25) is 0 Å². The quantitative estimate of drug-likeness (QED) is 0.587. The van der Waals surface area contributed by atoms with Crippen molar-refractivity contribution in [2.24, 2.45) is 0 Å². The van der Waals surface area contributed by atoms with Crippen LogP contribution in [0.15, 0.2) is 0 Å². The summed E-state index contributed by atoms with van der Waals surface area (Å²) in [5, 5.41) is 3.04. The molecule has 6 heteroatoms.